The Morgan fingerprint density at radius 1 is 1.47 bits per heavy atom. The highest BCUT2D eigenvalue weighted by Gasteiger charge is 2.32. The van der Waals surface area contributed by atoms with Crippen molar-refractivity contribution in [2.24, 2.45) is 0 Å². The predicted molar refractivity (Wildman–Crippen MR) is 64.2 cm³/mol. The van der Waals surface area contributed by atoms with Crippen molar-refractivity contribution < 1.29 is 22.7 Å². The minimum Gasteiger partial charge on any atom is -0.466 e. The molecule has 0 saturated heterocycles. The number of ether oxygens (including phenoxy) is 1. The molecular formula is C12H9BrF3NO2. The topological polar surface area (TPSA) is 50.1 Å². The van der Waals surface area contributed by atoms with Gasteiger partial charge in [-0.05, 0) is 24.6 Å². The molecule has 0 heterocycles. The molecule has 0 radical (unpaired) electrons. The van der Waals surface area contributed by atoms with Crippen molar-refractivity contribution >= 4 is 21.9 Å². The zero-order valence-corrected chi connectivity index (χ0v) is 11.4. The van der Waals surface area contributed by atoms with Gasteiger partial charge < -0.3 is 4.74 Å². The first kappa shape index (κ1) is 15.5. The van der Waals surface area contributed by atoms with Gasteiger partial charge in [0.2, 0.25) is 0 Å². The third-order valence-electron chi connectivity index (χ3n) is 2.27. The van der Waals surface area contributed by atoms with Gasteiger partial charge in [0.15, 0.2) is 0 Å². The number of halogens is 4. The highest BCUT2D eigenvalue weighted by Crippen LogP contribution is 2.34. The van der Waals surface area contributed by atoms with Crippen LogP contribution in [0.4, 0.5) is 13.2 Å². The van der Waals surface area contributed by atoms with Crippen molar-refractivity contribution in [3.05, 3.63) is 33.3 Å². The number of carbonyl (C=O) groups is 1. The van der Waals surface area contributed by atoms with E-state index in [2.05, 4.69) is 15.9 Å². The van der Waals surface area contributed by atoms with Crippen molar-refractivity contribution in [3.8, 4) is 6.07 Å². The molecule has 0 amide bonds. The normalized spacial score (nSPS) is 10.9. The molecule has 0 aliphatic carbocycles. The highest BCUT2D eigenvalue weighted by atomic mass is 79.9. The lowest BCUT2D eigenvalue weighted by atomic mass is 10.0. The fourth-order valence-electron chi connectivity index (χ4n) is 1.44. The van der Waals surface area contributed by atoms with Crippen LogP contribution in [0.3, 0.4) is 0 Å². The first-order chi connectivity index (χ1) is 8.79. The molecular weight excluding hydrogens is 327 g/mol. The molecule has 0 aliphatic heterocycles. The van der Waals surface area contributed by atoms with E-state index in [1.54, 1.807) is 13.0 Å². The average Bonchev–Trinajstić information content (AvgIpc) is 2.30. The summed E-state index contributed by atoms with van der Waals surface area (Å²) < 4.78 is 42.5. The lowest BCUT2D eigenvalue weighted by Gasteiger charge is -2.12. The summed E-state index contributed by atoms with van der Waals surface area (Å²) in [5, 5.41) is 8.89. The number of alkyl halides is 3. The summed E-state index contributed by atoms with van der Waals surface area (Å²) in [6.45, 7) is 1.78. The van der Waals surface area contributed by atoms with Crippen molar-refractivity contribution in [1.82, 2.24) is 0 Å². The third kappa shape index (κ3) is 3.96. The van der Waals surface area contributed by atoms with E-state index in [-0.39, 0.29) is 28.6 Å². The summed E-state index contributed by atoms with van der Waals surface area (Å²) in [7, 11) is 0. The van der Waals surface area contributed by atoms with Gasteiger partial charge in [-0.3, -0.25) is 4.79 Å². The van der Waals surface area contributed by atoms with Crippen LogP contribution in [0.1, 0.15) is 23.6 Å². The van der Waals surface area contributed by atoms with Crippen molar-refractivity contribution in [1.29, 1.82) is 5.26 Å². The van der Waals surface area contributed by atoms with E-state index < -0.39 is 17.7 Å². The molecule has 0 aliphatic rings. The molecule has 0 atom stereocenters. The zero-order valence-electron chi connectivity index (χ0n) is 9.84. The highest BCUT2D eigenvalue weighted by molar-refractivity contribution is 9.10. The Morgan fingerprint density at radius 2 is 2.11 bits per heavy atom. The molecule has 102 valence electrons. The summed E-state index contributed by atoms with van der Waals surface area (Å²) >= 11 is 2.95. The van der Waals surface area contributed by atoms with Gasteiger partial charge in [-0.15, -0.1) is 0 Å². The summed E-state index contributed by atoms with van der Waals surface area (Å²) in [5.74, 6) is -0.598. The van der Waals surface area contributed by atoms with Crippen LogP contribution in [0, 0.1) is 11.3 Å². The van der Waals surface area contributed by atoms with E-state index in [0.717, 1.165) is 12.1 Å². The SMILES string of the molecule is CCOC(=O)Cc1c(Br)cc(C(F)(F)F)cc1C#N. The second-order valence-corrected chi connectivity index (χ2v) is 4.43. The fourth-order valence-corrected chi connectivity index (χ4v) is 2.04. The van der Waals surface area contributed by atoms with E-state index in [0.29, 0.717) is 0 Å². The molecule has 1 aromatic rings. The first-order valence-corrected chi connectivity index (χ1v) is 6.04. The smallest absolute Gasteiger partial charge is 0.416 e. The Hall–Kier alpha value is -1.55. The maximum Gasteiger partial charge on any atom is 0.416 e. The van der Waals surface area contributed by atoms with Crippen molar-refractivity contribution in [3.63, 3.8) is 0 Å². The largest absolute Gasteiger partial charge is 0.466 e. The number of rotatable bonds is 3. The Balaban J connectivity index is 3.20. The molecule has 0 aromatic heterocycles. The maximum absolute atomic E-state index is 12.6. The van der Waals surface area contributed by atoms with Gasteiger partial charge in [-0.25, -0.2) is 0 Å². The Labute approximate surface area is 116 Å². The van der Waals surface area contributed by atoms with Crippen LogP contribution in [-0.2, 0) is 22.1 Å². The minimum absolute atomic E-state index is 0.0620. The molecule has 0 fully saturated rings. The number of nitrogens with zero attached hydrogens (tertiary/aromatic N) is 1. The van der Waals surface area contributed by atoms with E-state index >= 15 is 0 Å². The number of hydrogen-bond acceptors (Lipinski definition) is 3. The summed E-state index contributed by atoms with van der Waals surface area (Å²) in [4.78, 5) is 11.3. The molecule has 1 rings (SSSR count). The monoisotopic (exact) mass is 335 g/mol. The Kier molecular flexibility index (Phi) is 4.95. The van der Waals surface area contributed by atoms with Gasteiger partial charge in [-0.1, -0.05) is 15.9 Å². The van der Waals surface area contributed by atoms with Crippen molar-refractivity contribution in [2.45, 2.75) is 19.5 Å². The summed E-state index contributed by atoms with van der Waals surface area (Å²) in [5.41, 5.74) is -0.952. The Morgan fingerprint density at radius 3 is 2.58 bits per heavy atom. The van der Waals surface area contributed by atoms with E-state index in [1.165, 1.54) is 0 Å². The summed E-state index contributed by atoms with van der Waals surface area (Å²) in [6, 6.07) is 3.22. The quantitative estimate of drug-likeness (QED) is 0.795. The minimum atomic E-state index is -4.55. The van der Waals surface area contributed by atoms with Crippen molar-refractivity contribution in [2.75, 3.05) is 6.61 Å². The molecule has 7 heteroatoms. The second kappa shape index (κ2) is 6.06. The molecule has 3 nitrogen and oxygen atoms in total. The van der Waals surface area contributed by atoms with Crippen LogP contribution in [0.25, 0.3) is 0 Å². The predicted octanol–water partition coefficient (Wildman–Crippen LogP) is 3.45. The number of benzene rings is 1. The number of esters is 1. The van der Waals surface area contributed by atoms with Gasteiger partial charge in [-0.2, -0.15) is 18.4 Å². The lowest BCUT2D eigenvalue weighted by Crippen LogP contribution is -2.11. The molecule has 0 bridgehead atoms. The first-order valence-electron chi connectivity index (χ1n) is 5.25. The van der Waals surface area contributed by atoms with Gasteiger partial charge in [0.05, 0.1) is 30.2 Å². The van der Waals surface area contributed by atoms with Gasteiger partial charge in [0.25, 0.3) is 0 Å². The van der Waals surface area contributed by atoms with E-state index in [4.69, 9.17) is 10.00 Å². The van der Waals surface area contributed by atoms with Gasteiger partial charge in [0.1, 0.15) is 0 Å². The number of carbonyl (C=O) groups excluding carboxylic acids is 1. The average molecular weight is 336 g/mol. The fraction of sp³-hybridized carbons (Fsp3) is 0.333. The molecule has 0 unspecified atom stereocenters. The van der Waals surface area contributed by atoms with E-state index in [9.17, 15) is 18.0 Å². The van der Waals surface area contributed by atoms with Crippen LogP contribution in [0.15, 0.2) is 16.6 Å². The lowest BCUT2D eigenvalue weighted by molar-refractivity contribution is -0.142. The molecule has 0 N–H and O–H groups in total. The van der Waals surface area contributed by atoms with Crippen LogP contribution < -0.4 is 0 Å². The molecule has 0 saturated carbocycles. The molecule has 1 aromatic carbocycles. The zero-order chi connectivity index (χ0) is 14.6. The van der Waals surface area contributed by atoms with E-state index in [1.807, 2.05) is 0 Å². The number of nitriles is 1. The summed E-state index contributed by atoms with van der Waals surface area (Å²) in [6.07, 6.45) is -4.80. The third-order valence-corrected chi connectivity index (χ3v) is 2.98. The molecule has 0 spiro atoms. The van der Waals surface area contributed by atoms with Gasteiger partial charge in [0, 0.05) is 4.47 Å². The molecule has 19 heavy (non-hydrogen) atoms. The van der Waals surface area contributed by atoms with Crippen LogP contribution in [0.2, 0.25) is 0 Å². The van der Waals surface area contributed by atoms with Crippen LogP contribution in [0.5, 0.6) is 0 Å². The second-order valence-electron chi connectivity index (χ2n) is 3.58. The maximum atomic E-state index is 12.6. The Bertz CT molecular complexity index is 535. The number of hydrogen-bond donors (Lipinski definition) is 0. The van der Waals surface area contributed by atoms with Gasteiger partial charge >= 0.3 is 12.1 Å². The van der Waals surface area contributed by atoms with Crippen LogP contribution >= 0.6 is 15.9 Å². The van der Waals surface area contributed by atoms with Crippen LogP contribution in [-0.4, -0.2) is 12.6 Å². The standard InChI is InChI=1S/C12H9BrF3NO2/c1-2-19-11(18)5-9-7(6-17)3-8(4-10(9)13)12(14,15)16/h3-4H,2,5H2,1H3.